The number of aryl methyl sites for hydroxylation is 1. The lowest BCUT2D eigenvalue weighted by Crippen LogP contribution is -2.44. The number of aromatic nitrogens is 2. The molecule has 2 aliphatic heterocycles. The third-order valence-electron chi connectivity index (χ3n) is 5.92. The molecule has 0 N–H and O–H groups in total. The molecule has 2 fully saturated rings. The average Bonchev–Trinajstić information content (AvgIpc) is 3.25. The fraction of sp³-hybridized carbons (Fsp3) is 0.500. The minimum atomic E-state index is 0.0115. The smallest absolute Gasteiger partial charge is 0.253 e. The molecule has 2 saturated heterocycles. The van der Waals surface area contributed by atoms with E-state index in [1.54, 1.807) is 24.3 Å². The van der Waals surface area contributed by atoms with Crippen LogP contribution in [0.3, 0.4) is 0 Å². The van der Waals surface area contributed by atoms with Gasteiger partial charge in [-0.1, -0.05) is 11.2 Å². The summed E-state index contributed by atoms with van der Waals surface area (Å²) in [5.41, 5.74) is 1.30. The van der Waals surface area contributed by atoms with Crippen molar-refractivity contribution >= 4 is 5.91 Å². The lowest BCUT2D eigenvalue weighted by Gasteiger charge is -2.39. The van der Waals surface area contributed by atoms with E-state index in [1.165, 1.54) is 0 Å². The highest BCUT2D eigenvalue weighted by atomic mass is 16.5. The predicted molar refractivity (Wildman–Crippen MR) is 97.8 cm³/mol. The van der Waals surface area contributed by atoms with Gasteiger partial charge in [0.15, 0.2) is 5.82 Å². The van der Waals surface area contributed by atoms with Gasteiger partial charge in [0, 0.05) is 25.2 Å². The molecule has 0 saturated carbocycles. The van der Waals surface area contributed by atoms with Crippen molar-refractivity contribution in [3.8, 4) is 6.07 Å². The highest BCUT2D eigenvalue weighted by Crippen LogP contribution is 2.48. The second kappa shape index (κ2) is 6.78. The zero-order chi connectivity index (χ0) is 19.0. The van der Waals surface area contributed by atoms with Crippen LogP contribution in [0.5, 0.6) is 0 Å². The molecule has 7 nitrogen and oxygen atoms in total. The van der Waals surface area contributed by atoms with Crippen LogP contribution in [-0.4, -0.2) is 52.5 Å². The van der Waals surface area contributed by atoms with Crippen molar-refractivity contribution < 1.29 is 9.32 Å². The summed E-state index contributed by atoms with van der Waals surface area (Å²) in [6.45, 7) is 4.28. The van der Waals surface area contributed by atoms with Crippen LogP contribution in [0.1, 0.15) is 52.9 Å². The van der Waals surface area contributed by atoms with Gasteiger partial charge in [0.2, 0.25) is 5.89 Å². The minimum Gasteiger partial charge on any atom is -0.339 e. The molecule has 3 heterocycles. The number of carbonyl (C=O) groups excluding carboxylic acids is 1. The van der Waals surface area contributed by atoms with Crippen LogP contribution in [-0.2, 0) is 0 Å². The monoisotopic (exact) mass is 365 g/mol. The molecule has 7 heteroatoms. The van der Waals surface area contributed by atoms with Crippen LogP contribution in [0.25, 0.3) is 0 Å². The Hall–Kier alpha value is -2.72. The van der Waals surface area contributed by atoms with E-state index in [2.05, 4.69) is 28.2 Å². The van der Waals surface area contributed by atoms with Crippen molar-refractivity contribution in [3.63, 3.8) is 0 Å². The molecular weight excluding hydrogens is 342 g/mol. The Labute approximate surface area is 158 Å². The molecule has 1 amide bonds. The van der Waals surface area contributed by atoms with Gasteiger partial charge in [0.05, 0.1) is 17.7 Å². The summed E-state index contributed by atoms with van der Waals surface area (Å²) in [4.78, 5) is 21.4. The quantitative estimate of drug-likeness (QED) is 0.813. The van der Waals surface area contributed by atoms with Gasteiger partial charge < -0.3 is 9.42 Å². The first-order valence-electron chi connectivity index (χ1n) is 9.30. The summed E-state index contributed by atoms with van der Waals surface area (Å²) >= 11 is 0. The molecule has 0 radical (unpaired) electrons. The van der Waals surface area contributed by atoms with Crippen molar-refractivity contribution in [3.05, 3.63) is 47.1 Å². The van der Waals surface area contributed by atoms with Crippen molar-refractivity contribution in [1.82, 2.24) is 19.9 Å². The van der Waals surface area contributed by atoms with E-state index in [9.17, 15) is 4.79 Å². The van der Waals surface area contributed by atoms with Gasteiger partial charge in [-0.05, 0) is 56.8 Å². The van der Waals surface area contributed by atoms with E-state index in [-0.39, 0.29) is 17.4 Å². The van der Waals surface area contributed by atoms with E-state index < -0.39 is 0 Å². The van der Waals surface area contributed by atoms with Crippen LogP contribution < -0.4 is 0 Å². The zero-order valence-electron chi connectivity index (χ0n) is 15.7. The number of piperidine rings is 1. The number of hydrogen-bond acceptors (Lipinski definition) is 6. The third-order valence-corrected chi connectivity index (χ3v) is 5.92. The molecule has 0 aliphatic carbocycles. The summed E-state index contributed by atoms with van der Waals surface area (Å²) in [7, 11) is 2.10. The fourth-order valence-corrected chi connectivity index (χ4v) is 4.44. The highest BCUT2D eigenvalue weighted by Gasteiger charge is 2.46. The number of hydrogen-bond donors (Lipinski definition) is 0. The molecule has 0 bridgehead atoms. The maximum Gasteiger partial charge on any atom is 0.253 e. The Balaban J connectivity index is 1.43. The number of carbonyl (C=O) groups is 1. The SMILES string of the molecule is Cc1noc(C2CC3(CCN(C(=O)c4cccc(C#N)c4)CC3)CN2C)n1. The van der Waals surface area contributed by atoms with E-state index in [0.29, 0.717) is 22.8 Å². The first kappa shape index (κ1) is 17.7. The summed E-state index contributed by atoms with van der Waals surface area (Å²) in [5, 5.41) is 13.0. The van der Waals surface area contributed by atoms with Gasteiger partial charge in [0.25, 0.3) is 5.91 Å². The van der Waals surface area contributed by atoms with Crippen LogP contribution in [0.4, 0.5) is 0 Å². The highest BCUT2D eigenvalue weighted by molar-refractivity contribution is 5.94. The standard InChI is InChI=1S/C20H23N5O2/c1-14-22-18(27-23-14)17-11-20(13-24(17)2)6-8-25(9-7-20)19(26)16-5-3-4-15(10-16)12-21/h3-5,10,17H,6-9,11,13H2,1-2H3. The second-order valence-electron chi connectivity index (χ2n) is 7.80. The fourth-order valence-electron chi connectivity index (χ4n) is 4.44. The van der Waals surface area contributed by atoms with E-state index in [4.69, 9.17) is 9.78 Å². The van der Waals surface area contributed by atoms with Crippen LogP contribution in [0, 0.1) is 23.7 Å². The number of nitriles is 1. The van der Waals surface area contributed by atoms with Crippen LogP contribution >= 0.6 is 0 Å². The van der Waals surface area contributed by atoms with E-state index in [1.807, 2.05) is 11.8 Å². The predicted octanol–water partition coefficient (Wildman–Crippen LogP) is 2.55. The van der Waals surface area contributed by atoms with Gasteiger partial charge in [-0.3, -0.25) is 9.69 Å². The first-order valence-corrected chi connectivity index (χ1v) is 9.30. The lowest BCUT2D eigenvalue weighted by atomic mass is 9.76. The number of amides is 1. The van der Waals surface area contributed by atoms with Crippen molar-refractivity contribution in [2.75, 3.05) is 26.7 Å². The minimum absolute atomic E-state index is 0.0115. The van der Waals surface area contributed by atoms with E-state index in [0.717, 1.165) is 38.9 Å². The third kappa shape index (κ3) is 3.33. The average molecular weight is 365 g/mol. The van der Waals surface area contributed by atoms with Crippen LogP contribution in [0.2, 0.25) is 0 Å². The maximum absolute atomic E-state index is 12.8. The van der Waals surface area contributed by atoms with Crippen LogP contribution in [0.15, 0.2) is 28.8 Å². The van der Waals surface area contributed by atoms with Gasteiger partial charge in [-0.15, -0.1) is 0 Å². The molecule has 1 spiro atoms. The van der Waals surface area contributed by atoms with Gasteiger partial charge in [-0.25, -0.2) is 0 Å². The van der Waals surface area contributed by atoms with Gasteiger partial charge in [0.1, 0.15) is 0 Å². The molecule has 4 rings (SSSR count). The number of nitrogens with zero attached hydrogens (tertiary/aromatic N) is 5. The first-order chi connectivity index (χ1) is 13.0. The molecule has 27 heavy (non-hydrogen) atoms. The molecule has 140 valence electrons. The van der Waals surface area contributed by atoms with Gasteiger partial charge >= 0.3 is 0 Å². The van der Waals surface area contributed by atoms with Crippen molar-refractivity contribution in [2.45, 2.75) is 32.2 Å². The summed E-state index contributed by atoms with van der Waals surface area (Å²) < 4.78 is 5.40. The Morgan fingerprint density at radius 1 is 1.37 bits per heavy atom. The summed E-state index contributed by atoms with van der Waals surface area (Å²) in [5.74, 6) is 1.37. The summed E-state index contributed by atoms with van der Waals surface area (Å²) in [6, 6.07) is 9.18. The molecular formula is C20H23N5O2. The number of benzene rings is 1. The zero-order valence-corrected chi connectivity index (χ0v) is 15.7. The Morgan fingerprint density at radius 3 is 2.81 bits per heavy atom. The maximum atomic E-state index is 12.8. The number of rotatable bonds is 2. The molecule has 1 aromatic carbocycles. The van der Waals surface area contributed by atoms with Crippen molar-refractivity contribution in [1.29, 1.82) is 5.26 Å². The molecule has 2 aliphatic rings. The Kier molecular flexibility index (Phi) is 4.44. The largest absolute Gasteiger partial charge is 0.339 e. The lowest BCUT2D eigenvalue weighted by molar-refractivity contribution is 0.0593. The Morgan fingerprint density at radius 2 is 2.15 bits per heavy atom. The molecule has 2 aromatic rings. The second-order valence-corrected chi connectivity index (χ2v) is 7.80. The van der Waals surface area contributed by atoms with Crippen molar-refractivity contribution in [2.24, 2.45) is 5.41 Å². The molecule has 1 atom stereocenters. The normalized spacial score (nSPS) is 22.1. The summed E-state index contributed by atoms with van der Waals surface area (Å²) in [6.07, 6.45) is 2.91. The molecule has 1 aromatic heterocycles. The Bertz CT molecular complexity index is 892. The van der Waals surface area contributed by atoms with Gasteiger partial charge in [-0.2, -0.15) is 10.2 Å². The number of likely N-dealkylation sites (tertiary alicyclic amines) is 2. The van der Waals surface area contributed by atoms with E-state index >= 15 is 0 Å². The topological polar surface area (TPSA) is 86.3 Å². The molecule has 1 unspecified atom stereocenters.